The van der Waals surface area contributed by atoms with Crippen LogP contribution < -0.4 is 5.32 Å². The van der Waals surface area contributed by atoms with E-state index in [4.69, 9.17) is 16.7 Å². The molecule has 0 saturated heterocycles. The Morgan fingerprint density at radius 3 is 2.76 bits per heavy atom. The van der Waals surface area contributed by atoms with E-state index in [1.54, 1.807) is 13.0 Å². The van der Waals surface area contributed by atoms with E-state index in [9.17, 15) is 9.59 Å². The summed E-state index contributed by atoms with van der Waals surface area (Å²) in [6.45, 7) is 1.89. The number of pyridine rings is 1. The molecule has 0 saturated carbocycles. The Kier molecular flexibility index (Phi) is 4.90. The molecule has 0 bridgehead atoms. The van der Waals surface area contributed by atoms with E-state index in [2.05, 4.69) is 10.3 Å². The van der Waals surface area contributed by atoms with Crippen LogP contribution in [-0.4, -0.2) is 28.5 Å². The van der Waals surface area contributed by atoms with Gasteiger partial charge in [-0.25, -0.2) is 4.98 Å². The third kappa shape index (κ3) is 4.40. The standard InChI is InChI=1S/C11H13ClN2O3/c1-7(11(16)17)4-5-13-10(15)9-3-2-8(12)6-14-9/h2-3,6-7H,4-5H2,1H3,(H,13,15)(H,16,17). The molecule has 0 aliphatic heterocycles. The van der Waals surface area contributed by atoms with Gasteiger partial charge >= 0.3 is 5.97 Å². The number of nitrogens with one attached hydrogen (secondary N) is 1. The van der Waals surface area contributed by atoms with Crippen LogP contribution in [0.3, 0.4) is 0 Å². The summed E-state index contributed by atoms with van der Waals surface area (Å²) in [5.41, 5.74) is 0.261. The molecular formula is C11H13ClN2O3. The van der Waals surface area contributed by atoms with Gasteiger partial charge in [0.25, 0.3) is 5.91 Å². The quantitative estimate of drug-likeness (QED) is 0.838. The zero-order valence-electron chi connectivity index (χ0n) is 9.31. The fraction of sp³-hybridized carbons (Fsp3) is 0.364. The van der Waals surface area contributed by atoms with Gasteiger partial charge in [-0.1, -0.05) is 18.5 Å². The Morgan fingerprint density at radius 2 is 2.24 bits per heavy atom. The minimum atomic E-state index is -0.871. The first-order valence-electron chi connectivity index (χ1n) is 5.13. The van der Waals surface area contributed by atoms with E-state index in [-0.39, 0.29) is 11.6 Å². The number of carboxylic acids is 1. The molecule has 0 fully saturated rings. The predicted octanol–water partition coefficient (Wildman–Crippen LogP) is 1.58. The second-order valence-corrected chi connectivity index (χ2v) is 4.08. The Labute approximate surface area is 104 Å². The normalized spacial score (nSPS) is 11.9. The van der Waals surface area contributed by atoms with Crippen LogP contribution in [0.25, 0.3) is 0 Å². The molecule has 1 rings (SSSR count). The lowest BCUT2D eigenvalue weighted by atomic mass is 10.1. The summed E-state index contributed by atoms with van der Waals surface area (Å²) < 4.78 is 0. The van der Waals surface area contributed by atoms with Crippen LogP contribution in [0, 0.1) is 5.92 Å². The fourth-order valence-corrected chi connectivity index (χ4v) is 1.24. The van der Waals surface area contributed by atoms with Crippen molar-refractivity contribution < 1.29 is 14.7 Å². The van der Waals surface area contributed by atoms with Gasteiger partial charge < -0.3 is 10.4 Å². The number of rotatable bonds is 5. The Bertz CT molecular complexity index is 406. The lowest BCUT2D eigenvalue weighted by molar-refractivity contribution is -0.141. The van der Waals surface area contributed by atoms with Crippen LogP contribution in [0.2, 0.25) is 5.02 Å². The lowest BCUT2D eigenvalue weighted by Crippen LogP contribution is -2.27. The van der Waals surface area contributed by atoms with Crippen molar-refractivity contribution in [3.8, 4) is 0 Å². The lowest BCUT2D eigenvalue weighted by Gasteiger charge is -2.07. The monoisotopic (exact) mass is 256 g/mol. The van der Waals surface area contributed by atoms with Crippen LogP contribution in [0.4, 0.5) is 0 Å². The molecule has 1 unspecified atom stereocenters. The number of carbonyl (C=O) groups is 2. The zero-order chi connectivity index (χ0) is 12.8. The van der Waals surface area contributed by atoms with E-state index in [1.807, 2.05) is 0 Å². The maximum atomic E-state index is 11.5. The number of aliphatic carboxylic acids is 1. The van der Waals surface area contributed by atoms with Crippen LogP contribution in [-0.2, 0) is 4.79 Å². The zero-order valence-corrected chi connectivity index (χ0v) is 10.1. The number of aromatic nitrogens is 1. The SMILES string of the molecule is CC(CCNC(=O)c1ccc(Cl)cn1)C(=O)O. The highest BCUT2D eigenvalue weighted by molar-refractivity contribution is 6.30. The third-order valence-corrected chi connectivity index (χ3v) is 2.47. The Hall–Kier alpha value is -1.62. The molecule has 0 spiro atoms. The van der Waals surface area contributed by atoms with Crippen molar-refractivity contribution >= 4 is 23.5 Å². The summed E-state index contributed by atoms with van der Waals surface area (Å²) in [5, 5.41) is 11.7. The molecular weight excluding hydrogens is 244 g/mol. The fourth-order valence-electron chi connectivity index (χ4n) is 1.13. The highest BCUT2D eigenvalue weighted by Gasteiger charge is 2.11. The number of hydrogen-bond donors (Lipinski definition) is 2. The molecule has 1 atom stereocenters. The average molecular weight is 257 g/mol. The van der Waals surface area contributed by atoms with Gasteiger partial charge in [0.05, 0.1) is 10.9 Å². The van der Waals surface area contributed by atoms with Gasteiger partial charge in [0, 0.05) is 12.7 Å². The van der Waals surface area contributed by atoms with E-state index in [0.29, 0.717) is 18.0 Å². The predicted molar refractivity (Wildman–Crippen MR) is 63.0 cm³/mol. The molecule has 1 aromatic heterocycles. The second kappa shape index (κ2) is 6.20. The molecule has 0 aromatic carbocycles. The molecule has 17 heavy (non-hydrogen) atoms. The molecule has 92 valence electrons. The number of nitrogens with zero attached hydrogens (tertiary/aromatic N) is 1. The smallest absolute Gasteiger partial charge is 0.306 e. The maximum Gasteiger partial charge on any atom is 0.306 e. The Balaban J connectivity index is 2.40. The maximum absolute atomic E-state index is 11.5. The molecule has 5 nitrogen and oxygen atoms in total. The van der Waals surface area contributed by atoms with Crippen LogP contribution in [0.5, 0.6) is 0 Å². The van der Waals surface area contributed by atoms with Gasteiger partial charge in [-0.3, -0.25) is 9.59 Å². The number of carboxylic acid groups (broad SMARTS) is 1. The third-order valence-electron chi connectivity index (χ3n) is 2.24. The molecule has 1 heterocycles. The first-order valence-corrected chi connectivity index (χ1v) is 5.51. The van der Waals surface area contributed by atoms with Crippen LogP contribution >= 0.6 is 11.6 Å². The highest BCUT2D eigenvalue weighted by Crippen LogP contribution is 2.06. The number of hydrogen-bond acceptors (Lipinski definition) is 3. The molecule has 1 amide bonds. The molecule has 0 aliphatic carbocycles. The van der Waals surface area contributed by atoms with Crippen molar-refractivity contribution in [3.05, 3.63) is 29.0 Å². The minimum Gasteiger partial charge on any atom is -0.481 e. The molecule has 6 heteroatoms. The molecule has 2 N–H and O–H groups in total. The van der Waals surface area contributed by atoms with Gasteiger partial charge in [0.1, 0.15) is 5.69 Å². The van der Waals surface area contributed by atoms with Crippen molar-refractivity contribution in [1.29, 1.82) is 0 Å². The first-order chi connectivity index (χ1) is 8.00. The summed E-state index contributed by atoms with van der Waals surface area (Å²) in [7, 11) is 0. The van der Waals surface area contributed by atoms with Crippen LogP contribution in [0.15, 0.2) is 18.3 Å². The highest BCUT2D eigenvalue weighted by atomic mass is 35.5. The van der Waals surface area contributed by atoms with Gasteiger partial charge in [-0.2, -0.15) is 0 Å². The summed E-state index contributed by atoms with van der Waals surface area (Å²) in [6, 6.07) is 3.08. The summed E-state index contributed by atoms with van der Waals surface area (Å²) in [4.78, 5) is 25.9. The Morgan fingerprint density at radius 1 is 1.53 bits per heavy atom. The van der Waals surface area contributed by atoms with Crippen LogP contribution in [0.1, 0.15) is 23.8 Å². The molecule has 1 aromatic rings. The van der Waals surface area contributed by atoms with E-state index in [1.165, 1.54) is 12.3 Å². The summed E-state index contributed by atoms with van der Waals surface area (Å²) >= 11 is 5.64. The summed E-state index contributed by atoms with van der Waals surface area (Å²) in [5.74, 6) is -1.68. The first kappa shape index (κ1) is 13.4. The van der Waals surface area contributed by atoms with Gasteiger partial charge in [-0.15, -0.1) is 0 Å². The molecule has 0 aliphatic rings. The van der Waals surface area contributed by atoms with Crippen molar-refractivity contribution in [3.63, 3.8) is 0 Å². The van der Waals surface area contributed by atoms with Crippen molar-refractivity contribution in [1.82, 2.24) is 10.3 Å². The van der Waals surface area contributed by atoms with Gasteiger partial charge in [0.15, 0.2) is 0 Å². The summed E-state index contributed by atoms with van der Waals surface area (Å²) in [6.07, 6.45) is 1.77. The van der Waals surface area contributed by atoms with Crippen molar-refractivity contribution in [2.24, 2.45) is 5.92 Å². The number of amides is 1. The van der Waals surface area contributed by atoms with Crippen molar-refractivity contribution in [2.75, 3.05) is 6.54 Å². The number of carbonyl (C=O) groups excluding carboxylic acids is 1. The van der Waals surface area contributed by atoms with E-state index in [0.717, 1.165) is 0 Å². The largest absolute Gasteiger partial charge is 0.481 e. The minimum absolute atomic E-state index is 0.261. The van der Waals surface area contributed by atoms with Gasteiger partial charge in [0.2, 0.25) is 0 Å². The average Bonchev–Trinajstić information content (AvgIpc) is 2.29. The number of halogens is 1. The second-order valence-electron chi connectivity index (χ2n) is 3.65. The van der Waals surface area contributed by atoms with Gasteiger partial charge in [-0.05, 0) is 18.6 Å². The topological polar surface area (TPSA) is 79.3 Å². The molecule has 0 radical (unpaired) electrons. The van der Waals surface area contributed by atoms with E-state index >= 15 is 0 Å². The van der Waals surface area contributed by atoms with E-state index < -0.39 is 11.9 Å². The van der Waals surface area contributed by atoms with Crippen molar-refractivity contribution in [2.45, 2.75) is 13.3 Å².